The number of nitrogens with zero attached hydrogens (tertiary/aromatic N) is 8. The van der Waals surface area contributed by atoms with Crippen molar-refractivity contribution in [3.63, 3.8) is 0 Å². The van der Waals surface area contributed by atoms with Gasteiger partial charge in [-0.2, -0.15) is 16.4 Å². The average molecular weight is 1390 g/mol. The van der Waals surface area contributed by atoms with Crippen LogP contribution in [0.4, 0.5) is 0 Å². The second-order valence-corrected chi connectivity index (χ2v) is 30.2. The van der Waals surface area contributed by atoms with Crippen LogP contribution in [-0.4, -0.2) is 113 Å². The molecule has 516 valence electrons. The number of thiazole rings is 1. The Morgan fingerprint density at radius 2 is 0.812 bits per heavy atom. The van der Waals surface area contributed by atoms with Gasteiger partial charge in [-0.25, -0.2) is 29.9 Å². The van der Waals surface area contributed by atoms with Crippen LogP contribution >= 0.6 is 22.7 Å². The smallest absolute Gasteiger partial charge is 0.282 e. The minimum absolute atomic E-state index is 0.0205. The number of thiophene rings is 1. The monoisotopic (exact) mass is 1390 g/mol. The molecule has 22 heteroatoms. The van der Waals surface area contributed by atoms with Gasteiger partial charge in [-0.3, -0.25) is 5.10 Å². The van der Waals surface area contributed by atoms with Crippen LogP contribution in [0, 0.1) is 0 Å². The topological polar surface area (TPSA) is 300 Å². The Labute approximate surface area is 594 Å². The van der Waals surface area contributed by atoms with Crippen molar-refractivity contribution in [2.24, 2.45) is 60.7 Å². The van der Waals surface area contributed by atoms with E-state index in [4.69, 9.17) is 52.4 Å². The molecule has 101 heavy (non-hydrogen) atoms. The van der Waals surface area contributed by atoms with Crippen LogP contribution in [0.2, 0.25) is 0 Å². The van der Waals surface area contributed by atoms with Gasteiger partial charge in [0.25, 0.3) is 30.1 Å². The summed E-state index contributed by atoms with van der Waals surface area (Å²) < 4.78 is 30.0. The highest BCUT2D eigenvalue weighted by atomic mass is 32.1. The van der Waals surface area contributed by atoms with E-state index in [1.807, 2.05) is 50.3 Å². The van der Waals surface area contributed by atoms with Crippen molar-refractivity contribution in [2.45, 2.75) is 157 Å². The van der Waals surface area contributed by atoms with E-state index in [2.05, 4.69) is 210 Å². The molecule has 0 radical (unpaired) electrons. The highest BCUT2D eigenvalue weighted by Crippen LogP contribution is 2.49. The molecule has 5 aromatic heterocycles. The predicted molar refractivity (Wildman–Crippen MR) is 400 cm³/mol. The number of benzene rings is 5. The third kappa shape index (κ3) is 11.8. The fraction of sp³-hybridized carbons (Fsp3) is 0.329. The third-order valence-corrected chi connectivity index (χ3v) is 24.0. The quantitative estimate of drug-likeness (QED) is 0.0846. The molecular formula is C79H83N15O5S2. The van der Waals surface area contributed by atoms with Crippen LogP contribution in [-0.2, 0) is 94.9 Å². The van der Waals surface area contributed by atoms with E-state index in [1.54, 1.807) is 22.7 Å². The average Bonchev–Trinajstić information content (AvgIpc) is 1.62. The summed E-state index contributed by atoms with van der Waals surface area (Å²) in [4.78, 5) is 30.6. The molecule has 10 heterocycles. The number of nitrogens with two attached hydrogens (primary N) is 5. The molecule has 0 saturated carbocycles. The van der Waals surface area contributed by atoms with Gasteiger partial charge in [0.2, 0.25) is 0 Å². The molecule has 0 amide bonds. The predicted octanol–water partition coefficient (Wildman–Crippen LogP) is 11.5. The van der Waals surface area contributed by atoms with Crippen molar-refractivity contribution in [3.05, 3.63) is 224 Å². The summed E-state index contributed by atoms with van der Waals surface area (Å²) in [5.74, 6) is 0. The summed E-state index contributed by atoms with van der Waals surface area (Å²) in [6, 6.07) is 40.4. The molecule has 5 spiro atoms. The van der Waals surface area contributed by atoms with Gasteiger partial charge in [-0.05, 0) is 158 Å². The first-order valence-corrected chi connectivity index (χ1v) is 36.4. The Morgan fingerprint density at radius 1 is 0.426 bits per heavy atom. The molecule has 10 aromatic rings. The molecule has 0 bridgehead atoms. The summed E-state index contributed by atoms with van der Waals surface area (Å²) in [6.45, 7) is 10.3. The number of aromatic amines is 2. The van der Waals surface area contributed by atoms with Crippen LogP contribution in [0.3, 0.4) is 0 Å². The van der Waals surface area contributed by atoms with Crippen LogP contribution in [0.15, 0.2) is 194 Å². The Balaban J connectivity index is 0.0000000980. The number of hydrogen-bond acceptors (Lipinski definition) is 19. The Morgan fingerprint density at radius 3 is 1.13 bits per heavy atom. The number of H-pyrrole nitrogens is 2. The van der Waals surface area contributed by atoms with Gasteiger partial charge in [-0.1, -0.05) is 91.0 Å². The van der Waals surface area contributed by atoms with E-state index >= 15 is 0 Å². The molecule has 10 atom stereocenters. The van der Waals surface area contributed by atoms with Crippen molar-refractivity contribution in [3.8, 4) is 55.1 Å². The number of fused-ring (bicyclic) bond motifs is 5. The zero-order valence-corrected chi connectivity index (χ0v) is 59.1. The number of aryl methyl sites for hydroxylation is 1. The lowest BCUT2D eigenvalue weighted by atomic mass is 9.90. The van der Waals surface area contributed by atoms with Gasteiger partial charge in [0.05, 0.1) is 6.20 Å². The largest absolute Gasteiger partial charge is 0.460 e. The van der Waals surface area contributed by atoms with E-state index in [-0.39, 0.29) is 58.2 Å². The molecule has 20 nitrogen and oxygen atoms in total. The molecule has 5 aliphatic heterocycles. The second kappa shape index (κ2) is 25.3. The second-order valence-electron chi connectivity index (χ2n) is 28.6. The normalized spacial score (nSPS) is 27.3. The van der Waals surface area contributed by atoms with Gasteiger partial charge >= 0.3 is 0 Å². The number of amidine groups is 5. The number of hydrogen-bond donors (Lipinski definition) is 7. The van der Waals surface area contributed by atoms with E-state index in [0.29, 0.717) is 30.1 Å². The highest BCUT2D eigenvalue weighted by Gasteiger charge is 2.53. The summed E-state index contributed by atoms with van der Waals surface area (Å²) in [5.41, 5.74) is 52.7. The van der Waals surface area contributed by atoms with E-state index in [1.165, 1.54) is 100 Å². The molecule has 0 saturated heterocycles. The maximum absolute atomic E-state index is 5.79. The minimum atomic E-state index is -0.230. The third-order valence-electron chi connectivity index (χ3n) is 22.6. The first kappa shape index (κ1) is 65.2. The van der Waals surface area contributed by atoms with Crippen molar-refractivity contribution in [1.82, 2.24) is 24.7 Å². The maximum atomic E-state index is 5.79. The standard InChI is InChI=1S/C17H19N3O.C16H17N3O.C16H16N2OS.C15H16N4O.C15H15N3OS/c1-11-17(19-16(18)21-11)8-12-4-3-5-14(15(12)9-17)13-6-7-20(2)10-13;1-10-16(19-15(17)20-10)7-11-3-2-4-13(14(11)8-16)12-5-6-18-9-12;1-10-16(18-15(17)19-10)7-11-3-2-4-13(14(11)8-16)12-5-6-20-9-12;1-9-15(19-14(16)20-9)5-10-3-2-4-12(13(10)6-15)11-7-17-18-8-11;1-9-15(18-14(16)19-9)7-10-3-2-4-11(12(10)8-15)13-17-5-6-20-13/h3-7,10-11H,8-9H2,1-2H3,(H2,18,19);2-6,9-10,18H,7-8H2,1H3,(H2,17,19);2-6,9-10H,7-8H2,1H3,(H2,17,18);2-4,7-9H,5-6H2,1H3,(H2,16,19)(H,17,18);2-6,9H,7-8H2,1H3,(H2,16,18)/t11-,17-;2*10-,16-;2*9-,15-/m11111/s1. The summed E-state index contributed by atoms with van der Waals surface area (Å²) in [5, 5.41) is 14.3. The summed E-state index contributed by atoms with van der Waals surface area (Å²) in [7, 11) is 2.05. The summed E-state index contributed by atoms with van der Waals surface area (Å²) in [6.07, 6.45) is 23.0. The minimum Gasteiger partial charge on any atom is -0.460 e. The lowest BCUT2D eigenvalue weighted by Gasteiger charge is -2.23. The first-order chi connectivity index (χ1) is 48.8. The van der Waals surface area contributed by atoms with Crippen molar-refractivity contribution >= 4 is 52.8 Å². The molecule has 0 fully saturated rings. The number of ether oxygens (including phenoxy) is 5. The van der Waals surface area contributed by atoms with E-state index in [0.717, 1.165) is 74.8 Å². The lowest BCUT2D eigenvalue weighted by molar-refractivity contribution is 0.157. The fourth-order valence-corrected chi connectivity index (χ4v) is 18.5. The van der Waals surface area contributed by atoms with Gasteiger partial charge < -0.3 is 61.9 Å². The molecule has 5 aromatic carbocycles. The Bertz CT molecular complexity index is 4460. The SMILES string of the molecule is C[C@H]1OC(N)=N[C@@]12Cc1cccc(-c3cc[nH]c3)c1C2.C[C@H]1OC(N)=N[C@@]12Cc1cccc(-c3ccn(C)c3)c1C2.C[C@H]1OC(N)=N[C@@]12Cc1cccc(-c3ccsc3)c1C2.C[C@H]1OC(N)=N[C@@]12Cc1cccc(-c3cn[nH]c3)c1C2.C[C@H]1OC(N)=N[C@@]12Cc1cccc(-c3nccs3)c1C2. The molecule has 12 N–H and O–H groups in total. The van der Waals surface area contributed by atoms with Gasteiger partial charge in [0.1, 0.15) is 63.2 Å². The van der Waals surface area contributed by atoms with Crippen molar-refractivity contribution in [2.75, 3.05) is 0 Å². The molecule has 20 rings (SSSR count). The highest BCUT2D eigenvalue weighted by molar-refractivity contribution is 7.13. The number of aliphatic imine (C=N–C) groups is 5. The zero-order chi connectivity index (χ0) is 69.6. The molecule has 10 aliphatic rings. The van der Waals surface area contributed by atoms with E-state index in [9.17, 15) is 0 Å². The lowest BCUT2D eigenvalue weighted by Crippen LogP contribution is -2.36. The fourth-order valence-electron chi connectivity index (χ4n) is 17.1. The van der Waals surface area contributed by atoms with E-state index < -0.39 is 0 Å². The van der Waals surface area contributed by atoms with Gasteiger partial charge in [0.15, 0.2) is 0 Å². The van der Waals surface area contributed by atoms with Gasteiger partial charge in [0, 0.05) is 125 Å². The number of nitrogens with one attached hydrogen (secondary N) is 2. The zero-order valence-electron chi connectivity index (χ0n) is 57.4. The van der Waals surface area contributed by atoms with Crippen LogP contribution < -0.4 is 28.7 Å². The van der Waals surface area contributed by atoms with Crippen LogP contribution in [0.1, 0.15) is 90.3 Å². The van der Waals surface area contributed by atoms with Gasteiger partial charge in [-0.15, -0.1) is 11.3 Å². The Kier molecular flexibility index (Phi) is 16.3. The van der Waals surface area contributed by atoms with Crippen molar-refractivity contribution in [1.29, 1.82) is 0 Å². The summed E-state index contributed by atoms with van der Waals surface area (Å²) >= 11 is 3.40. The molecule has 0 unspecified atom stereocenters. The first-order valence-electron chi connectivity index (χ1n) is 34.6. The van der Waals surface area contributed by atoms with Crippen LogP contribution in [0.5, 0.6) is 0 Å². The Hall–Kier alpha value is -10.5. The molecular weight excluding hydrogens is 1300 g/mol. The maximum Gasteiger partial charge on any atom is 0.282 e. The molecule has 5 aliphatic carbocycles. The number of rotatable bonds is 5. The van der Waals surface area contributed by atoms with Crippen LogP contribution in [0.25, 0.3) is 55.1 Å². The van der Waals surface area contributed by atoms with Crippen molar-refractivity contribution < 1.29 is 23.7 Å². The number of aromatic nitrogens is 5.